The number of hydrogen-bond acceptors (Lipinski definition) is 7. The predicted molar refractivity (Wildman–Crippen MR) is 107 cm³/mol. The lowest BCUT2D eigenvalue weighted by Gasteiger charge is -2.33. The van der Waals surface area contributed by atoms with Crippen LogP contribution in [0.2, 0.25) is 0 Å². The van der Waals surface area contributed by atoms with E-state index in [4.69, 9.17) is 14.7 Å². The van der Waals surface area contributed by atoms with E-state index in [-0.39, 0.29) is 25.1 Å². The SMILES string of the molecule is Cc1nc2c(C#N)cnn2c(C)c1CCC(=O)OCC1CN(CC(C)C)CCO1. The molecule has 3 rings (SSSR count). The summed E-state index contributed by atoms with van der Waals surface area (Å²) in [6.07, 6.45) is 2.23. The molecule has 0 amide bonds. The molecule has 0 saturated carbocycles. The molecule has 0 aliphatic carbocycles. The molecule has 8 heteroatoms. The molecular weight excluding hydrogens is 370 g/mol. The molecule has 8 nitrogen and oxygen atoms in total. The van der Waals surface area contributed by atoms with Crippen molar-refractivity contribution in [3.8, 4) is 6.07 Å². The van der Waals surface area contributed by atoms with E-state index in [1.165, 1.54) is 6.20 Å². The van der Waals surface area contributed by atoms with Crippen molar-refractivity contribution in [2.45, 2.75) is 46.6 Å². The molecule has 2 aromatic rings. The topological polar surface area (TPSA) is 92.8 Å². The summed E-state index contributed by atoms with van der Waals surface area (Å²) in [5.41, 5.74) is 3.65. The number of fused-ring (bicyclic) bond motifs is 1. The molecule has 0 bridgehead atoms. The fraction of sp³-hybridized carbons (Fsp3) is 0.619. The van der Waals surface area contributed by atoms with Gasteiger partial charge in [-0.1, -0.05) is 13.8 Å². The fourth-order valence-corrected chi connectivity index (χ4v) is 3.80. The zero-order chi connectivity index (χ0) is 21.0. The highest BCUT2D eigenvalue weighted by molar-refractivity contribution is 5.70. The first kappa shape index (κ1) is 21.2. The third kappa shape index (κ3) is 5.11. The standard InChI is InChI=1S/C21H29N5O3/c1-14(2)11-25-7-8-28-18(12-25)13-29-20(27)6-5-19-15(3)24-21-17(9-22)10-23-26(21)16(19)4/h10,14,18H,5-8,11-13H2,1-4H3. The molecule has 0 spiro atoms. The number of hydrogen-bond donors (Lipinski definition) is 0. The van der Waals surface area contributed by atoms with Gasteiger partial charge < -0.3 is 9.47 Å². The number of carbonyl (C=O) groups excluding carboxylic acids is 1. The number of rotatable bonds is 7. The zero-order valence-electron chi connectivity index (χ0n) is 17.6. The molecular formula is C21H29N5O3. The summed E-state index contributed by atoms with van der Waals surface area (Å²) in [6.45, 7) is 11.9. The Labute approximate surface area is 171 Å². The normalized spacial score (nSPS) is 17.6. The van der Waals surface area contributed by atoms with E-state index in [0.29, 0.717) is 30.2 Å². The maximum atomic E-state index is 12.3. The highest BCUT2D eigenvalue weighted by Gasteiger charge is 2.22. The Bertz CT molecular complexity index is 915. The summed E-state index contributed by atoms with van der Waals surface area (Å²) in [6, 6.07) is 2.10. The van der Waals surface area contributed by atoms with E-state index in [2.05, 4.69) is 34.9 Å². The second-order valence-electron chi connectivity index (χ2n) is 8.00. The lowest BCUT2D eigenvalue weighted by atomic mass is 10.1. The first-order chi connectivity index (χ1) is 13.9. The zero-order valence-corrected chi connectivity index (χ0v) is 17.6. The molecule has 29 heavy (non-hydrogen) atoms. The Hall–Kier alpha value is -2.50. The summed E-state index contributed by atoms with van der Waals surface area (Å²) in [4.78, 5) is 19.1. The Kier molecular flexibility index (Phi) is 6.83. The molecule has 0 radical (unpaired) electrons. The van der Waals surface area contributed by atoms with Gasteiger partial charge in [-0.05, 0) is 31.7 Å². The Morgan fingerprint density at radius 3 is 2.97 bits per heavy atom. The average Bonchev–Trinajstić information content (AvgIpc) is 3.09. The number of morpholine rings is 1. The van der Waals surface area contributed by atoms with Crippen LogP contribution in [0.5, 0.6) is 0 Å². The molecule has 1 aliphatic heterocycles. The molecule has 0 N–H and O–H groups in total. The van der Waals surface area contributed by atoms with Crippen LogP contribution in [-0.4, -0.2) is 64.4 Å². The summed E-state index contributed by atoms with van der Waals surface area (Å²) >= 11 is 0. The number of carbonyl (C=O) groups is 1. The number of nitrogens with zero attached hydrogens (tertiary/aromatic N) is 5. The average molecular weight is 399 g/mol. The Morgan fingerprint density at radius 2 is 2.24 bits per heavy atom. The maximum absolute atomic E-state index is 12.3. The van der Waals surface area contributed by atoms with E-state index in [9.17, 15) is 4.79 Å². The van der Waals surface area contributed by atoms with Crippen molar-refractivity contribution in [1.29, 1.82) is 5.26 Å². The van der Waals surface area contributed by atoms with Crippen molar-refractivity contribution in [2.24, 2.45) is 5.92 Å². The van der Waals surface area contributed by atoms with Crippen molar-refractivity contribution in [2.75, 3.05) is 32.8 Å². The van der Waals surface area contributed by atoms with E-state index in [0.717, 1.165) is 36.6 Å². The van der Waals surface area contributed by atoms with Crippen LogP contribution in [0.3, 0.4) is 0 Å². The van der Waals surface area contributed by atoms with Crippen LogP contribution in [0.4, 0.5) is 0 Å². The molecule has 2 aromatic heterocycles. The molecule has 1 fully saturated rings. The molecule has 3 heterocycles. The van der Waals surface area contributed by atoms with Gasteiger partial charge in [-0.2, -0.15) is 10.4 Å². The van der Waals surface area contributed by atoms with E-state index in [1.54, 1.807) is 4.52 Å². The molecule has 1 aliphatic rings. The summed E-state index contributed by atoms with van der Waals surface area (Å²) in [5.74, 6) is 0.361. The van der Waals surface area contributed by atoms with Gasteiger partial charge in [0.25, 0.3) is 0 Å². The van der Waals surface area contributed by atoms with Crippen LogP contribution >= 0.6 is 0 Å². The number of nitriles is 1. The Balaban J connectivity index is 1.54. The lowest BCUT2D eigenvalue weighted by Crippen LogP contribution is -2.45. The van der Waals surface area contributed by atoms with Gasteiger partial charge in [0, 0.05) is 37.4 Å². The van der Waals surface area contributed by atoms with Crippen LogP contribution < -0.4 is 0 Å². The van der Waals surface area contributed by atoms with E-state index >= 15 is 0 Å². The minimum atomic E-state index is -0.244. The predicted octanol–water partition coefficient (Wildman–Crippen LogP) is 2.05. The van der Waals surface area contributed by atoms with Gasteiger partial charge in [0.2, 0.25) is 0 Å². The van der Waals surface area contributed by atoms with Gasteiger partial charge in [-0.15, -0.1) is 0 Å². The third-order valence-corrected chi connectivity index (χ3v) is 5.18. The second-order valence-corrected chi connectivity index (χ2v) is 8.00. The Morgan fingerprint density at radius 1 is 1.45 bits per heavy atom. The summed E-state index contributed by atoms with van der Waals surface area (Å²) in [7, 11) is 0. The van der Waals surface area contributed by atoms with Gasteiger partial charge in [-0.25, -0.2) is 9.50 Å². The summed E-state index contributed by atoms with van der Waals surface area (Å²) in [5, 5.41) is 13.4. The van der Waals surface area contributed by atoms with Gasteiger partial charge >= 0.3 is 5.97 Å². The molecule has 1 unspecified atom stereocenters. The number of esters is 1. The van der Waals surface area contributed by atoms with E-state index < -0.39 is 0 Å². The molecule has 1 saturated heterocycles. The number of aryl methyl sites for hydroxylation is 2. The van der Waals surface area contributed by atoms with Crippen molar-refractivity contribution < 1.29 is 14.3 Å². The van der Waals surface area contributed by atoms with Crippen molar-refractivity contribution in [3.05, 3.63) is 28.7 Å². The number of ether oxygens (including phenoxy) is 2. The largest absolute Gasteiger partial charge is 0.463 e. The maximum Gasteiger partial charge on any atom is 0.306 e. The van der Waals surface area contributed by atoms with Crippen LogP contribution in [0.1, 0.15) is 42.8 Å². The smallest absolute Gasteiger partial charge is 0.306 e. The molecule has 0 aromatic carbocycles. The van der Waals surface area contributed by atoms with Crippen LogP contribution in [0.15, 0.2) is 6.20 Å². The van der Waals surface area contributed by atoms with Crippen LogP contribution in [0, 0.1) is 31.1 Å². The molecule has 156 valence electrons. The van der Waals surface area contributed by atoms with Crippen LogP contribution in [-0.2, 0) is 20.7 Å². The minimum absolute atomic E-state index is 0.0681. The van der Waals surface area contributed by atoms with Gasteiger partial charge in [-0.3, -0.25) is 9.69 Å². The minimum Gasteiger partial charge on any atom is -0.463 e. The lowest BCUT2D eigenvalue weighted by molar-refractivity contribution is -0.150. The van der Waals surface area contributed by atoms with Crippen molar-refractivity contribution >= 4 is 11.6 Å². The second kappa shape index (κ2) is 9.33. The first-order valence-electron chi connectivity index (χ1n) is 10.1. The third-order valence-electron chi connectivity index (χ3n) is 5.18. The van der Waals surface area contributed by atoms with Crippen molar-refractivity contribution in [3.63, 3.8) is 0 Å². The quantitative estimate of drug-likeness (QED) is 0.658. The monoisotopic (exact) mass is 399 g/mol. The van der Waals surface area contributed by atoms with Crippen LogP contribution in [0.25, 0.3) is 5.65 Å². The fourth-order valence-electron chi connectivity index (χ4n) is 3.80. The van der Waals surface area contributed by atoms with Crippen molar-refractivity contribution in [1.82, 2.24) is 19.5 Å². The highest BCUT2D eigenvalue weighted by atomic mass is 16.6. The molecule has 1 atom stereocenters. The van der Waals surface area contributed by atoms with Gasteiger partial charge in [0.15, 0.2) is 5.65 Å². The highest BCUT2D eigenvalue weighted by Crippen LogP contribution is 2.18. The van der Waals surface area contributed by atoms with E-state index in [1.807, 2.05) is 13.8 Å². The number of aromatic nitrogens is 3. The first-order valence-corrected chi connectivity index (χ1v) is 10.1. The van der Waals surface area contributed by atoms with Gasteiger partial charge in [0.1, 0.15) is 24.3 Å². The van der Waals surface area contributed by atoms with Gasteiger partial charge in [0.05, 0.1) is 12.8 Å². The summed E-state index contributed by atoms with van der Waals surface area (Å²) < 4.78 is 12.9.